The van der Waals surface area contributed by atoms with E-state index < -0.39 is 5.91 Å². The Bertz CT molecular complexity index is 521. The molecule has 0 saturated carbocycles. The molecule has 17 heavy (non-hydrogen) atoms. The summed E-state index contributed by atoms with van der Waals surface area (Å²) in [6.45, 7) is 2.55. The van der Waals surface area contributed by atoms with Gasteiger partial charge in [0, 0.05) is 12.1 Å². The van der Waals surface area contributed by atoms with Gasteiger partial charge in [-0.15, -0.1) is 10.2 Å². The number of primary amides is 1. The average Bonchev–Trinajstić information content (AvgIpc) is 2.73. The molecule has 1 aromatic heterocycles. The van der Waals surface area contributed by atoms with Crippen LogP contribution in [0.3, 0.4) is 0 Å². The third kappa shape index (κ3) is 3.01. The SMILES string of the molecule is Cc1nnc(NCc2ccc(C(N)=O)cc2)s1. The van der Waals surface area contributed by atoms with Gasteiger partial charge in [-0.25, -0.2) is 0 Å². The molecule has 3 N–H and O–H groups in total. The summed E-state index contributed by atoms with van der Waals surface area (Å²) >= 11 is 1.51. The van der Waals surface area contributed by atoms with E-state index in [1.807, 2.05) is 19.1 Å². The van der Waals surface area contributed by atoms with E-state index in [0.717, 1.165) is 15.7 Å². The molecule has 0 saturated heterocycles. The van der Waals surface area contributed by atoms with E-state index in [1.54, 1.807) is 12.1 Å². The number of hydrogen-bond acceptors (Lipinski definition) is 5. The topological polar surface area (TPSA) is 80.9 Å². The second kappa shape index (κ2) is 4.92. The van der Waals surface area contributed by atoms with Crippen LogP contribution in [0, 0.1) is 6.92 Å². The number of anilines is 1. The van der Waals surface area contributed by atoms with Crippen LogP contribution in [0.1, 0.15) is 20.9 Å². The number of carbonyl (C=O) groups excluding carboxylic acids is 1. The standard InChI is InChI=1S/C11H12N4OS/c1-7-14-15-11(17-7)13-6-8-2-4-9(5-3-8)10(12)16/h2-5H,6H2,1H3,(H2,12,16)(H,13,15). The molecular formula is C11H12N4OS. The lowest BCUT2D eigenvalue weighted by Gasteiger charge is -2.02. The Hall–Kier alpha value is -1.95. The van der Waals surface area contributed by atoms with Crippen molar-refractivity contribution in [2.24, 2.45) is 5.73 Å². The number of aromatic nitrogens is 2. The smallest absolute Gasteiger partial charge is 0.248 e. The Balaban J connectivity index is 1.97. The van der Waals surface area contributed by atoms with Crippen LogP contribution in [0.4, 0.5) is 5.13 Å². The number of nitrogens with zero attached hydrogens (tertiary/aromatic N) is 2. The van der Waals surface area contributed by atoms with E-state index in [-0.39, 0.29) is 0 Å². The van der Waals surface area contributed by atoms with Crippen LogP contribution in [-0.4, -0.2) is 16.1 Å². The minimum Gasteiger partial charge on any atom is -0.366 e. The minimum absolute atomic E-state index is 0.413. The third-order valence-corrected chi connectivity index (χ3v) is 3.00. The lowest BCUT2D eigenvalue weighted by molar-refractivity contribution is 0.100. The van der Waals surface area contributed by atoms with E-state index in [1.165, 1.54) is 11.3 Å². The number of carbonyl (C=O) groups is 1. The van der Waals surface area contributed by atoms with Crippen molar-refractivity contribution in [2.45, 2.75) is 13.5 Å². The third-order valence-electron chi connectivity index (χ3n) is 2.21. The molecule has 0 atom stereocenters. The van der Waals surface area contributed by atoms with Crippen LogP contribution >= 0.6 is 11.3 Å². The first-order chi connectivity index (χ1) is 8.15. The fourth-order valence-electron chi connectivity index (χ4n) is 1.33. The normalized spacial score (nSPS) is 10.2. The molecule has 1 amide bonds. The summed E-state index contributed by atoms with van der Waals surface area (Å²) in [7, 11) is 0. The maximum Gasteiger partial charge on any atom is 0.248 e. The van der Waals surface area contributed by atoms with Crippen molar-refractivity contribution >= 4 is 22.4 Å². The van der Waals surface area contributed by atoms with Crippen LogP contribution in [0.25, 0.3) is 0 Å². The highest BCUT2D eigenvalue weighted by molar-refractivity contribution is 7.15. The van der Waals surface area contributed by atoms with Crippen molar-refractivity contribution in [3.8, 4) is 0 Å². The van der Waals surface area contributed by atoms with Gasteiger partial charge in [0.25, 0.3) is 0 Å². The maximum absolute atomic E-state index is 10.9. The van der Waals surface area contributed by atoms with Crippen molar-refractivity contribution in [2.75, 3.05) is 5.32 Å². The number of rotatable bonds is 4. The summed E-state index contributed by atoms with van der Waals surface area (Å²) in [5.41, 5.74) is 6.73. The molecule has 6 heteroatoms. The molecule has 1 aromatic carbocycles. The molecule has 0 unspecified atom stereocenters. The minimum atomic E-state index is -0.413. The van der Waals surface area contributed by atoms with Crippen molar-refractivity contribution in [1.82, 2.24) is 10.2 Å². The maximum atomic E-state index is 10.9. The largest absolute Gasteiger partial charge is 0.366 e. The van der Waals surface area contributed by atoms with E-state index >= 15 is 0 Å². The molecule has 0 spiro atoms. The molecule has 2 aromatic rings. The molecule has 0 fully saturated rings. The predicted molar refractivity (Wildman–Crippen MR) is 66.9 cm³/mol. The highest BCUT2D eigenvalue weighted by Crippen LogP contribution is 2.15. The molecule has 2 rings (SSSR count). The Morgan fingerprint density at radius 1 is 1.35 bits per heavy atom. The highest BCUT2D eigenvalue weighted by Gasteiger charge is 2.01. The van der Waals surface area contributed by atoms with Gasteiger partial charge in [-0.2, -0.15) is 0 Å². The van der Waals surface area contributed by atoms with Crippen molar-refractivity contribution in [1.29, 1.82) is 0 Å². The molecule has 0 aliphatic heterocycles. The number of amides is 1. The zero-order chi connectivity index (χ0) is 12.3. The zero-order valence-electron chi connectivity index (χ0n) is 9.30. The predicted octanol–water partition coefficient (Wildman–Crippen LogP) is 1.56. The first-order valence-electron chi connectivity index (χ1n) is 5.08. The molecular weight excluding hydrogens is 236 g/mol. The number of nitrogens with two attached hydrogens (primary N) is 1. The second-order valence-electron chi connectivity index (χ2n) is 3.54. The molecule has 0 aliphatic rings. The number of nitrogens with one attached hydrogen (secondary N) is 1. The molecule has 88 valence electrons. The van der Waals surface area contributed by atoms with Gasteiger partial charge in [0.05, 0.1) is 0 Å². The highest BCUT2D eigenvalue weighted by atomic mass is 32.1. The number of hydrogen-bond donors (Lipinski definition) is 2. The van der Waals surface area contributed by atoms with Gasteiger partial charge < -0.3 is 11.1 Å². The van der Waals surface area contributed by atoms with Gasteiger partial charge in [-0.3, -0.25) is 4.79 Å². The van der Waals surface area contributed by atoms with Crippen LogP contribution in [0.15, 0.2) is 24.3 Å². The average molecular weight is 248 g/mol. The number of benzene rings is 1. The summed E-state index contributed by atoms with van der Waals surface area (Å²) in [5, 5.41) is 12.8. The fourth-order valence-corrected chi connectivity index (χ4v) is 1.92. The molecule has 0 aliphatic carbocycles. The van der Waals surface area contributed by atoms with Crippen LogP contribution in [-0.2, 0) is 6.54 Å². The first-order valence-corrected chi connectivity index (χ1v) is 5.89. The summed E-state index contributed by atoms with van der Waals surface area (Å²) in [6.07, 6.45) is 0. The van der Waals surface area contributed by atoms with Gasteiger partial charge in [0.2, 0.25) is 11.0 Å². The van der Waals surface area contributed by atoms with Gasteiger partial charge in [0.15, 0.2) is 0 Å². The molecule has 0 radical (unpaired) electrons. The summed E-state index contributed by atoms with van der Waals surface area (Å²) < 4.78 is 0. The Labute approximate surface area is 103 Å². The van der Waals surface area contributed by atoms with Crippen molar-refractivity contribution in [3.63, 3.8) is 0 Å². The second-order valence-corrected chi connectivity index (χ2v) is 4.72. The monoisotopic (exact) mass is 248 g/mol. The summed E-state index contributed by atoms with van der Waals surface area (Å²) in [4.78, 5) is 10.9. The van der Waals surface area contributed by atoms with Crippen molar-refractivity contribution in [3.05, 3.63) is 40.4 Å². The lowest BCUT2D eigenvalue weighted by Crippen LogP contribution is -2.10. The first kappa shape index (κ1) is 11.5. The summed E-state index contributed by atoms with van der Waals surface area (Å²) in [6, 6.07) is 7.15. The van der Waals surface area contributed by atoms with Crippen molar-refractivity contribution < 1.29 is 4.79 Å². The van der Waals surface area contributed by atoms with E-state index in [0.29, 0.717) is 12.1 Å². The van der Waals surface area contributed by atoms with Gasteiger partial charge in [-0.1, -0.05) is 23.5 Å². The lowest BCUT2D eigenvalue weighted by atomic mass is 10.1. The Kier molecular flexibility index (Phi) is 3.34. The number of aryl methyl sites for hydroxylation is 1. The summed E-state index contributed by atoms with van der Waals surface area (Å²) in [5.74, 6) is -0.413. The molecule has 0 bridgehead atoms. The van der Waals surface area contributed by atoms with Gasteiger partial charge in [0.1, 0.15) is 5.01 Å². The molecule has 1 heterocycles. The van der Waals surface area contributed by atoms with Crippen LogP contribution < -0.4 is 11.1 Å². The zero-order valence-corrected chi connectivity index (χ0v) is 10.1. The van der Waals surface area contributed by atoms with E-state index in [4.69, 9.17) is 5.73 Å². The van der Waals surface area contributed by atoms with Crippen LogP contribution in [0.5, 0.6) is 0 Å². The molecule has 5 nitrogen and oxygen atoms in total. The quantitative estimate of drug-likeness (QED) is 0.860. The van der Waals surface area contributed by atoms with Gasteiger partial charge in [-0.05, 0) is 24.6 Å². The Morgan fingerprint density at radius 3 is 2.59 bits per heavy atom. The van der Waals surface area contributed by atoms with E-state index in [2.05, 4.69) is 15.5 Å². The van der Waals surface area contributed by atoms with Crippen LogP contribution in [0.2, 0.25) is 0 Å². The van der Waals surface area contributed by atoms with E-state index in [9.17, 15) is 4.79 Å². The van der Waals surface area contributed by atoms with Gasteiger partial charge >= 0.3 is 0 Å². The Morgan fingerprint density at radius 2 is 2.06 bits per heavy atom. The fraction of sp³-hybridized carbons (Fsp3) is 0.182.